The molecular formula is C30H54O7P2. The standard InChI is InChI=1S/C30H50.H4O7P2/c1-25(2)15-11-19-29(7)23-13-21-27(5)17-9-10-18-28(6)22-14-24-30(8)20-12-16-26(3)4;1-8(2,3)7-9(4,5)6/h15-18,23-24H,9-14,19-22H2,1-8H3;(H2,1,2,3)(H2,4,5,6)/b27-17+,28-18+,29-23+,30-24+;. The largest absolute Gasteiger partial charge is 0.478 e. The fourth-order valence-corrected chi connectivity index (χ4v) is 4.58. The summed E-state index contributed by atoms with van der Waals surface area (Å²) in [7, 11) is -10.1. The van der Waals surface area contributed by atoms with Gasteiger partial charge in [-0.25, -0.2) is 9.13 Å². The summed E-state index contributed by atoms with van der Waals surface area (Å²) in [6, 6.07) is 0. The third-order valence-corrected chi connectivity index (χ3v) is 7.31. The zero-order valence-corrected chi connectivity index (χ0v) is 27.2. The fourth-order valence-electron chi connectivity index (χ4n) is 3.48. The summed E-state index contributed by atoms with van der Waals surface area (Å²) in [6.45, 7) is 17.8. The highest BCUT2D eigenvalue weighted by molar-refractivity contribution is 7.60. The maximum atomic E-state index is 9.63. The highest BCUT2D eigenvalue weighted by Crippen LogP contribution is 2.53. The molecule has 0 aliphatic carbocycles. The Bertz CT molecular complexity index is 887. The molecular weight excluding hydrogens is 534 g/mol. The minimum absolute atomic E-state index is 1.17. The summed E-state index contributed by atoms with van der Waals surface area (Å²) >= 11 is 0. The maximum Gasteiger partial charge on any atom is 0.478 e. The van der Waals surface area contributed by atoms with Crippen LogP contribution in [0.5, 0.6) is 0 Å². The van der Waals surface area contributed by atoms with Gasteiger partial charge in [-0.05, 0) is 120 Å². The van der Waals surface area contributed by atoms with Gasteiger partial charge in [0.25, 0.3) is 0 Å². The van der Waals surface area contributed by atoms with Crippen molar-refractivity contribution in [3.05, 3.63) is 69.9 Å². The van der Waals surface area contributed by atoms with Crippen molar-refractivity contribution in [2.75, 3.05) is 0 Å². The van der Waals surface area contributed by atoms with E-state index in [1.807, 2.05) is 0 Å². The predicted octanol–water partition coefficient (Wildman–Crippen LogP) is 9.79. The van der Waals surface area contributed by atoms with E-state index in [1.54, 1.807) is 0 Å². The quantitative estimate of drug-likeness (QED) is 0.0757. The monoisotopic (exact) mass is 588 g/mol. The topological polar surface area (TPSA) is 124 Å². The Hall–Kier alpha value is -1.30. The molecule has 0 unspecified atom stereocenters. The first-order valence-electron chi connectivity index (χ1n) is 13.6. The summed E-state index contributed by atoms with van der Waals surface area (Å²) in [4.78, 5) is 31.0. The second kappa shape index (κ2) is 22.4. The number of rotatable bonds is 17. The smallest absolute Gasteiger partial charge is 0.302 e. The second-order valence-corrected chi connectivity index (χ2v) is 13.2. The minimum Gasteiger partial charge on any atom is -0.302 e. The van der Waals surface area contributed by atoms with E-state index < -0.39 is 15.6 Å². The molecule has 0 amide bonds. The zero-order chi connectivity index (χ0) is 30.5. The Balaban J connectivity index is 0. The van der Waals surface area contributed by atoms with Crippen molar-refractivity contribution in [3.8, 4) is 0 Å². The van der Waals surface area contributed by atoms with Gasteiger partial charge in [0, 0.05) is 0 Å². The molecule has 4 N–H and O–H groups in total. The minimum atomic E-state index is -5.05. The van der Waals surface area contributed by atoms with Gasteiger partial charge in [-0.3, -0.25) is 0 Å². The van der Waals surface area contributed by atoms with E-state index in [-0.39, 0.29) is 0 Å². The molecule has 0 aliphatic rings. The molecule has 0 aromatic rings. The number of unbranched alkanes of at least 4 members (excludes halogenated alkanes) is 1. The van der Waals surface area contributed by atoms with Crippen molar-refractivity contribution >= 4 is 15.6 Å². The SMILES string of the molecule is CC(C)=CCC/C(C)=C/CC/C(C)=C/CC/C=C(\C)CC/C=C(\C)CCC=C(C)C.O=P(O)(O)OP(=O)(O)O. The molecule has 7 nitrogen and oxygen atoms in total. The third kappa shape index (κ3) is 34.7. The van der Waals surface area contributed by atoms with E-state index in [0.29, 0.717) is 0 Å². The summed E-state index contributed by atoms with van der Waals surface area (Å²) in [5, 5.41) is 0. The molecule has 9 heteroatoms. The van der Waals surface area contributed by atoms with E-state index in [1.165, 1.54) is 97.6 Å². The Kier molecular flexibility index (Phi) is 22.9. The molecule has 0 bridgehead atoms. The van der Waals surface area contributed by atoms with Crippen LogP contribution in [0.1, 0.15) is 120 Å². The fraction of sp³-hybridized carbons (Fsp3) is 0.600. The van der Waals surface area contributed by atoms with E-state index in [2.05, 4.69) is 96.2 Å². The molecule has 0 heterocycles. The van der Waals surface area contributed by atoms with Gasteiger partial charge in [0.1, 0.15) is 0 Å². The van der Waals surface area contributed by atoms with E-state index >= 15 is 0 Å². The molecule has 0 saturated carbocycles. The molecule has 0 spiro atoms. The lowest BCUT2D eigenvalue weighted by Gasteiger charge is -2.03. The molecule has 0 radical (unpaired) electrons. The zero-order valence-electron chi connectivity index (χ0n) is 25.4. The van der Waals surface area contributed by atoms with Crippen LogP contribution in [-0.4, -0.2) is 19.6 Å². The number of phosphoric acid groups is 2. The maximum absolute atomic E-state index is 9.63. The van der Waals surface area contributed by atoms with Crippen LogP contribution in [0.2, 0.25) is 0 Å². The highest BCUT2D eigenvalue weighted by atomic mass is 31.3. The number of hydrogen-bond donors (Lipinski definition) is 4. The van der Waals surface area contributed by atoms with Crippen LogP contribution in [0.15, 0.2) is 69.9 Å². The Morgan fingerprint density at radius 1 is 0.462 bits per heavy atom. The van der Waals surface area contributed by atoms with Crippen LogP contribution in [-0.2, 0) is 13.4 Å². The molecule has 0 aromatic heterocycles. The van der Waals surface area contributed by atoms with Crippen LogP contribution < -0.4 is 0 Å². The molecule has 0 aromatic carbocycles. The first-order chi connectivity index (χ1) is 17.9. The number of allylic oxidation sites excluding steroid dienone is 12. The van der Waals surface area contributed by atoms with Crippen molar-refractivity contribution in [2.24, 2.45) is 0 Å². The van der Waals surface area contributed by atoms with Gasteiger partial charge in [0.05, 0.1) is 0 Å². The van der Waals surface area contributed by atoms with Crippen molar-refractivity contribution < 1.29 is 33.0 Å². The third-order valence-electron chi connectivity index (χ3n) is 5.61. The first-order valence-corrected chi connectivity index (χ1v) is 16.7. The van der Waals surface area contributed by atoms with Gasteiger partial charge >= 0.3 is 15.6 Å². The van der Waals surface area contributed by atoms with Crippen molar-refractivity contribution in [1.82, 2.24) is 0 Å². The normalized spacial score (nSPS) is 13.5. The molecule has 0 fully saturated rings. The predicted molar refractivity (Wildman–Crippen MR) is 165 cm³/mol. The lowest BCUT2D eigenvalue weighted by molar-refractivity contribution is 0.225. The lowest BCUT2D eigenvalue weighted by atomic mass is 10.0. The van der Waals surface area contributed by atoms with Crippen LogP contribution in [0.3, 0.4) is 0 Å². The van der Waals surface area contributed by atoms with E-state index in [9.17, 15) is 9.13 Å². The Morgan fingerprint density at radius 2 is 0.692 bits per heavy atom. The highest BCUT2D eigenvalue weighted by Gasteiger charge is 2.27. The second-order valence-electron chi connectivity index (χ2n) is 10.6. The van der Waals surface area contributed by atoms with Crippen LogP contribution in [0, 0.1) is 0 Å². The van der Waals surface area contributed by atoms with Gasteiger partial charge in [-0.15, -0.1) is 0 Å². The molecule has 0 rings (SSSR count). The van der Waals surface area contributed by atoms with Crippen molar-refractivity contribution in [3.63, 3.8) is 0 Å². The summed E-state index contributed by atoms with van der Waals surface area (Å²) in [5.74, 6) is 0. The van der Waals surface area contributed by atoms with Gasteiger partial charge < -0.3 is 19.6 Å². The molecule has 0 saturated heterocycles. The van der Waals surface area contributed by atoms with E-state index in [4.69, 9.17) is 19.6 Å². The van der Waals surface area contributed by atoms with Gasteiger partial charge in [-0.1, -0.05) is 69.9 Å². The summed E-state index contributed by atoms with van der Waals surface area (Å²) < 4.78 is 22.2. The average Bonchev–Trinajstić information content (AvgIpc) is 2.74. The van der Waals surface area contributed by atoms with Crippen molar-refractivity contribution in [1.29, 1.82) is 0 Å². The van der Waals surface area contributed by atoms with Crippen LogP contribution >= 0.6 is 15.6 Å². The summed E-state index contributed by atoms with van der Waals surface area (Å²) in [6.07, 6.45) is 26.2. The Labute approximate surface area is 238 Å². The number of hydrogen-bond acceptors (Lipinski definition) is 3. The Morgan fingerprint density at radius 3 is 0.897 bits per heavy atom. The summed E-state index contributed by atoms with van der Waals surface area (Å²) in [5.41, 5.74) is 8.97. The molecule has 39 heavy (non-hydrogen) atoms. The van der Waals surface area contributed by atoms with Gasteiger partial charge in [0.2, 0.25) is 0 Å². The van der Waals surface area contributed by atoms with E-state index in [0.717, 1.165) is 0 Å². The lowest BCUT2D eigenvalue weighted by Crippen LogP contribution is -1.84. The van der Waals surface area contributed by atoms with Gasteiger partial charge in [-0.2, -0.15) is 4.31 Å². The van der Waals surface area contributed by atoms with Crippen LogP contribution in [0.25, 0.3) is 0 Å². The molecule has 226 valence electrons. The average molecular weight is 589 g/mol. The van der Waals surface area contributed by atoms with Crippen LogP contribution in [0.4, 0.5) is 0 Å². The molecule has 0 aliphatic heterocycles. The molecule has 0 atom stereocenters. The first kappa shape index (κ1) is 39.8. The van der Waals surface area contributed by atoms with Gasteiger partial charge in [0.15, 0.2) is 0 Å². The van der Waals surface area contributed by atoms with Crippen molar-refractivity contribution in [2.45, 2.75) is 120 Å².